The molecule has 4 saturated carbocycles. The summed E-state index contributed by atoms with van der Waals surface area (Å²) in [5.74, 6) is 2.97. The number of carbonyl (C=O) groups is 1. The van der Waals surface area contributed by atoms with Crippen LogP contribution in [0.4, 0.5) is 0 Å². The van der Waals surface area contributed by atoms with E-state index in [1.165, 1.54) is 32.1 Å². The first-order chi connectivity index (χ1) is 10.7. The average molecular weight is 296 g/mol. The van der Waals surface area contributed by atoms with Crippen molar-refractivity contribution < 1.29 is 9.53 Å². The molecule has 0 saturated heterocycles. The van der Waals surface area contributed by atoms with E-state index in [0.717, 1.165) is 17.4 Å². The monoisotopic (exact) mass is 296 g/mol. The Balaban J connectivity index is 1.45. The third-order valence-electron chi connectivity index (χ3n) is 5.89. The lowest BCUT2D eigenvalue weighted by Crippen LogP contribution is -2.50. The minimum atomic E-state index is -0.124. The Kier molecular flexibility index (Phi) is 3.56. The predicted molar refractivity (Wildman–Crippen MR) is 87.0 cm³/mol. The summed E-state index contributed by atoms with van der Waals surface area (Å²) in [7, 11) is 0. The van der Waals surface area contributed by atoms with Gasteiger partial charge in [-0.15, -0.1) is 0 Å². The van der Waals surface area contributed by atoms with E-state index < -0.39 is 0 Å². The van der Waals surface area contributed by atoms with E-state index in [1.54, 1.807) is 0 Å². The van der Waals surface area contributed by atoms with E-state index >= 15 is 0 Å². The van der Waals surface area contributed by atoms with Crippen LogP contribution >= 0.6 is 0 Å². The molecule has 4 bridgehead atoms. The fourth-order valence-corrected chi connectivity index (χ4v) is 5.14. The standard InChI is InChI=1S/C20H24O2/c1-13(7-14-5-3-2-4-6-14)20(21)22-19-17-9-15-8-16(11-17)12-18(19)10-15/h2-7,15-19H,8-12H2,1H3. The Bertz CT molecular complexity index is 559. The number of benzene rings is 1. The summed E-state index contributed by atoms with van der Waals surface area (Å²) >= 11 is 0. The van der Waals surface area contributed by atoms with Crippen LogP contribution in [-0.2, 0) is 9.53 Å². The van der Waals surface area contributed by atoms with Crippen LogP contribution in [0.5, 0.6) is 0 Å². The van der Waals surface area contributed by atoms with Gasteiger partial charge in [-0.05, 0) is 74.3 Å². The predicted octanol–water partition coefficient (Wildman–Crippen LogP) is 4.46. The molecule has 2 nitrogen and oxygen atoms in total. The molecule has 0 radical (unpaired) electrons. The van der Waals surface area contributed by atoms with Crippen LogP contribution in [0.15, 0.2) is 35.9 Å². The van der Waals surface area contributed by atoms with Crippen LogP contribution in [0.3, 0.4) is 0 Å². The highest BCUT2D eigenvalue weighted by Crippen LogP contribution is 2.54. The lowest BCUT2D eigenvalue weighted by atomic mass is 9.55. The highest BCUT2D eigenvalue weighted by Gasteiger charge is 2.49. The molecule has 0 N–H and O–H groups in total. The van der Waals surface area contributed by atoms with Crippen molar-refractivity contribution in [1.82, 2.24) is 0 Å². The molecule has 0 amide bonds. The average Bonchev–Trinajstić information content (AvgIpc) is 2.51. The highest BCUT2D eigenvalue weighted by atomic mass is 16.5. The zero-order chi connectivity index (χ0) is 15.1. The smallest absolute Gasteiger partial charge is 0.334 e. The Morgan fingerprint density at radius 3 is 2.18 bits per heavy atom. The largest absolute Gasteiger partial charge is 0.458 e. The van der Waals surface area contributed by atoms with Crippen molar-refractivity contribution in [2.45, 2.75) is 45.1 Å². The van der Waals surface area contributed by atoms with Gasteiger partial charge in [0.2, 0.25) is 0 Å². The van der Waals surface area contributed by atoms with Crippen molar-refractivity contribution >= 4 is 12.0 Å². The molecule has 0 spiro atoms. The molecule has 0 heterocycles. The summed E-state index contributed by atoms with van der Waals surface area (Å²) in [5, 5.41) is 0. The molecule has 2 heteroatoms. The fraction of sp³-hybridized carbons (Fsp3) is 0.550. The van der Waals surface area contributed by atoms with E-state index in [-0.39, 0.29) is 12.1 Å². The lowest BCUT2D eigenvalue weighted by molar-refractivity contribution is -0.166. The maximum Gasteiger partial charge on any atom is 0.334 e. The van der Waals surface area contributed by atoms with E-state index in [0.29, 0.717) is 17.4 Å². The molecular weight excluding hydrogens is 272 g/mol. The maximum atomic E-state index is 12.4. The van der Waals surface area contributed by atoms with Crippen LogP contribution < -0.4 is 0 Å². The Labute approximate surface area is 132 Å². The molecule has 1 aromatic carbocycles. The maximum absolute atomic E-state index is 12.4. The van der Waals surface area contributed by atoms with Crippen molar-refractivity contribution in [2.24, 2.45) is 23.7 Å². The zero-order valence-electron chi connectivity index (χ0n) is 13.2. The van der Waals surface area contributed by atoms with Gasteiger partial charge in [-0.25, -0.2) is 4.79 Å². The summed E-state index contributed by atoms with van der Waals surface area (Å²) in [6.07, 6.45) is 8.68. The van der Waals surface area contributed by atoms with Crippen LogP contribution in [0, 0.1) is 23.7 Å². The topological polar surface area (TPSA) is 26.3 Å². The van der Waals surface area contributed by atoms with Crippen LogP contribution in [0.1, 0.15) is 44.6 Å². The third kappa shape index (κ3) is 2.60. The van der Waals surface area contributed by atoms with Gasteiger partial charge < -0.3 is 4.74 Å². The molecule has 0 atom stereocenters. The van der Waals surface area contributed by atoms with E-state index in [4.69, 9.17) is 4.74 Å². The van der Waals surface area contributed by atoms with Crippen LogP contribution in [0.2, 0.25) is 0 Å². The Morgan fingerprint density at radius 1 is 1.00 bits per heavy atom. The molecule has 4 aliphatic rings. The van der Waals surface area contributed by atoms with Gasteiger partial charge in [-0.3, -0.25) is 0 Å². The van der Waals surface area contributed by atoms with Gasteiger partial charge in [-0.2, -0.15) is 0 Å². The van der Waals surface area contributed by atoms with E-state index in [9.17, 15) is 4.79 Å². The minimum Gasteiger partial charge on any atom is -0.458 e. The van der Waals surface area contributed by atoms with Crippen molar-refractivity contribution in [2.75, 3.05) is 0 Å². The molecule has 116 valence electrons. The molecule has 1 aromatic rings. The van der Waals surface area contributed by atoms with Crippen molar-refractivity contribution in [1.29, 1.82) is 0 Å². The molecule has 0 aliphatic heterocycles. The van der Waals surface area contributed by atoms with Gasteiger partial charge in [-0.1, -0.05) is 30.3 Å². The van der Waals surface area contributed by atoms with E-state index in [2.05, 4.69) is 0 Å². The number of rotatable bonds is 3. The Hall–Kier alpha value is -1.57. The number of ether oxygens (including phenoxy) is 1. The first-order valence-corrected chi connectivity index (χ1v) is 8.63. The molecular formula is C20H24O2. The molecule has 0 aromatic heterocycles. The van der Waals surface area contributed by atoms with Gasteiger partial charge in [0.05, 0.1) is 0 Å². The van der Waals surface area contributed by atoms with Gasteiger partial charge in [0.1, 0.15) is 6.10 Å². The third-order valence-corrected chi connectivity index (χ3v) is 5.89. The first-order valence-electron chi connectivity index (χ1n) is 8.63. The first kappa shape index (κ1) is 14.0. The van der Waals surface area contributed by atoms with Crippen molar-refractivity contribution in [3.63, 3.8) is 0 Å². The number of hydrogen-bond donors (Lipinski definition) is 0. The minimum absolute atomic E-state index is 0.124. The SMILES string of the molecule is CC(=Cc1ccccc1)C(=O)OC1C2CC3CC(C2)CC1C3. The van der Waals surface area contributed by atoms with Gasteiger partial charge in [0.25, 0.3) is 0 Å². The summed E-state index contributed by atoms with van der Waals surface area (Å²) in [6, 6.07) is 9.99. The number of carbonyl (C=O) groups excluding carboxylic acids is 1. The molecule has 5 rings (SSSR count). The summed E-state index contributed by atoms with van der Waals surface area (Å²) in [4.78, 5) is 12.4. The fourth-order valence-electron chi connectivity index (χ4n) is 5.14. The lowest BCUT2D eigenvalue weighted by Gasteiger charge is -2.53. The molecule has 4 aliphatic carbocycles. The quantitative estimate of drug-likeness (QED) is 0.608. The second kappa shape index (κ2) is 5.57. The van der Waals surface area contributed by atoms with Gasteiger partial charge in [0, 0.05) is 5.57 Å². The highest BCUT2D eigenvalue weighted by molar-refractivity contribution is 5.93. The summed E-state index contributed by atoms with van der Waals surface area (Å²) in [6.45, 7) is 1.87. The number of hydrogen-bond acceptors (Lipinski definition) is 2. The van der Waals surface area contributed by atoms with Gasteiger partial charge in [0.15, 0.2) is 0 Å². The van der Waals surface area contributed by atoms with Crippen molar-refractivity contribution in [3.8, 4) is 0 Å². The second-order valence-corrected chi connectivity index (χ2v) is 7.54. The molecule has 4 fully saturated rings. The molecule has 0 unspecified atom stereocenters. The Morgan fingerprint density at radius 2 is 1.59 bits per heavy atom. The summed E-state index contributed by atoms with van der Waals surface area (Å²) < 4.78 is 5.95. The normalized spacial score (nSPS) is 36.4. The van der Waals surface area contributed by atoms with Gasteiger partial charge >= 0.3 is 5.97 Å². The zero-order valence-corrected chi connectivity index (χ0v) is 13.2. The number of esters is 1. The summed E-state index contributed by atoms with van der Waals surface area (Å²) in [5.41, 5.74) is 1.77. The van der Waals surface area contributed by atoms with Crippen LogP contribution in [-0.4, -0.2) is 12.1 Å². The van der Waals surface area contributed by atoms with Crippen LogP contribution in [0.25, 0.3) is 6.08 Å². The second-order valence-electron chi connectivity index (χ2n) is 7.54. The van der Waals surface area contributed by atoms with E-state index in [1.807, 2.05) is 43.3 Å². The van der Waals surface area contributed by atoms with Crippen molar-refractivity contribution in [3.05, 3.63) is 41.5 Å². The molecule has 22 heavy (non-hydrogen) atoms.